The zero-order chi connectivity index (χ0) is 16.4. The maximum absolute atomic E-state index is 12.8. The molecular weight excluding hydrogens is 302 g/mol. The number of aliphatic hydroxyl groups is 1. The van der Waals surface area contributed by atoms with Crippen LogP contribution in [0.25, 0.3) is 0 Å². The second-order valence-corrected chi connectivity index (χ2v) is 5.93. The standard InChI is InChI=1S/C16H13NO6/c18-7-16-5-4-10(23-16)11-12(16)14(20)17(13(11)19)9-3-1-2-8(6-9)15(21)22/h1-6,10-12,18H,7H2,(H,21,22). The summed E-state index contributed by atoms with van der Waals surface area (Å²) in [7, 11) is 0. The Morgan fingerprint density at radius 1 is 1.30 bits per heavy atom. The highest BCUT2D eigenvalue weighted by molar-refractivity contribution is 6.23. The summed E-state index contributed by atoms with van der Waals surface area (Å²) < 4.78 is 5.64. The van der Waals surface area contributed by atoms with Crippen LogP contribution in [0.1, 0.15) is 10.4 Å². The molecule has 3 aliphatic heterocycles. The Balaban J connectivity index is 1.76. The maximum atomic E-state index is 12.8. The number of rotatable bonds is 3. The van der Waals surface area contributed by atoms with Crippen LogP contribution in [0.5, 0.6) is 0 Å². The van der Waals surface area contributed by atoms with Crippen molar-refractivity contribution < 1.29 is 29.3 Å². The van der Waals surface area contributed by atoms with Gasteiger partial charge in [0.25, 0.3) is 0 Å². The summed E-state index contributed by atoms with van der Waals surface area (Å²) in [5.74, 6) is -3.48. The number of carboxylic acids is 1. The van der Waals surface area contributed by atoms with E-state index in [1.807, 2.05) is 0 Å². The van der Waals surface area contributed by atoms with E-state index in [0.29, 0.717) is 0 Å². The molecule has 4 rings (SSSR count). The second kappa shape index (κ2) is 4.50. The predicted molar refractivity (Wildman–Crippen MR) is 76.7 cm³/mol. The SMILES string of the molecule is O=C(O)c1cccc(N2C(=O)C3C4C=CC(CO)(O4)C3C2=O)c1. The van der Waals surface area contributed by atoms with Crippen LogP contribution in [0, 0.1) is 11.8 Å². The van der Waals surface area contributed by atoms with Gasteiger partial charge in [-0.05, 0) is 18.2 Å². The Labute approximate surface area is 130 Å². The van der Waals surface area contributed by atoms with E-state index in [0.717, 1.165) is 4.90 Å². The highest BCUT2D eigenvalue weighted by Gasteiger charge is 2.67. The third-order valence-electron chi connectivity index (χ3n) is 4.75. The van der Waals surface area contributed by atoms with Gasteiger partial charge in [-0.2, -0.15) is 0 Å². The minimum atomic E-state index is -1.15. The zero-order valence-electron chi connectivity index (χ0n) is 11.9. The fourth-order valence-corrected chi connectivity index (χ4v) is 3.72. The zero-order valence-corrected chi connectivity index (χ0v) is 11.9. The van der Waals surface area contributed by atoms with Crippen molar-refractivity contribution in [2.75, 3.05) is 11.5 Å². The van der Waals surface area contributed by atoms with Gasteiger partial charge < -0.3 is 14.9 Å². The molecule has 1 aromatic carbocycles. The molecule has 4 unspecified atom stereocenters. The molecular formula is C16H13NO6. The van der Waals surface area contributed by atoms with E-state index in [4.69, 9.17) is 9.84 Å². The summed E-state index contributed by atoms with van der Waals surface area (Å²) in [6, 6.07) is 5.69. The smallest absolute Gasteiger partial charge is 0.335 e. The van der Waals surface area contributed by atoms with Gasteiger partial charge in [0.05, 0.1) is 35.8 Å². The van der Waals surface area contributed by atoms with Crippen molar-refractivity contribution >= 4 is 23.5 Å². The number of imide groups is 1. The van der Waals surface area contributed by atoms with Crippen molar-refractivity contribution in [3.05, 3.63) is 42.0 Å². The van der Waals surface area contributed by atoms with Crippen LogP contribution < -0.4 is 4.90 Å². The molecule has 2 N–H and O–H groups in total. The van der Waals surface area contributed by atoms with Crippen molar-refractivity contribution in [3.8, 4) is 0 Å². The van der Waals surface area contributed by atoms with Crippen molar-refractivity contribution in [2.45, 2.75) is 11.7 Å². The van der Waals surface area contributed by atoms with Crippen LogP contribution in [-0.4, -0.2) is 46.3 Å². The molecule has 1 aromatic rings. The number of hydrogen-bond acceptors (Lipinski definition) is 5. The number of aromatic carboxylic acids is 1. The first kappa shape index (κ1) is 14.1. The Morgan fingerprint density at radius 3 is 2.78 bits per heavy atom. The monoisotopic (exact) mass is 315 g/mol. The molecule has 2 fully saturated rings. The molecule has 3 heterocycles. The number of carbonyl (C=O) groups is 3. The van der Waals surface area contributed by atoms with E-state index in [1.54, 1.807) is 12.2 Å². The summed E-state index contributed by atoms with van der Waals surface area (Å²) in [6.07, 6.45) is 2.80. The molecule has 0 radical (unpaired) electrons. The lowest BCUT2D eigenvalue weighted by Crippen LogP contribution is -2.43. The van der Waals surface area contributed by atoms with Gasteiger partial charge in [0, 0.05) is 0 Å². The van der Waals surface area contributed by atoms with Gasteiger partial charge in [0.2, 0.25) is 11.8 Å². The van der Waals surface area contributed by atoms with Crippen LogP contribution in [-0.2, 0) is 14.3 Å². The summed E-state index contributed by atoms with van der Waals surface area (Å²) in [6.45, 7) is -0.386. The molecule has 0 spiro atoms. The Morgan fingerprint density at radius 2 is 2.09 bits per heavy atom. The van der Waals surface area contributed by atoms with Crippen LogP contribution in [0.2, 0.25) is 0 Å². The fraction of sp³-hybridized carbons (Fsp3) is 0.312. The van der Waals surface area contributed by atoms with E-state index < -0.39 is 41.3 Å². The van der Waals surface area contributed by atoms with E-state index in [9.17, 15) is 19.5 Å². The predicted octanol–water partition coefficient (Wildman–Crippen LogP) is 0.190. The Hall–Kier alpha value is -2.51. The molecule has 0 aliphatic carbocycles. The Kier molecular flexibility index (Phi) is 2.76. The molecule has 2 amide bonds. The third-order valence-corrected chi connectivity index (χ3v) is 4.75. The molecule has 3 aliphatic rings. The summed E-state index contributed by atoms with van der Waals surface area (Å²) in [5, 5.41) is 18.7. The lowest BCUT2D eigenvalue weighted by Gasteiger charge is -2.26. The highest BCUT2D eigenvalue weighted by atomic mass is 16.5. The molecule has 0 aromatic heterocycles. The maximum Gasteiger partial charge on any atom is 0.335 e. The van der Waals surface area contributed by atoms with Gasteiger partial charge in [-0.15, -0.1) is 0 Å². The average Bonchev–Trinajstić information content (AvgIpc) is 3.18. The first-order valence-corrected chi connectivity index (χ1v) is 7.18. The quantitative estimate of drug-likeness (QED) is 0.609. The lowest BCUT2D eigenvalue weighted by molar-refractivity contribution is -0.128. The topological polar surface area (TPSA) is 104 Å². The number of hydrogen-bond donors (Lipinski definition) is 2. The van der Waals surface area contributed by atoms with Crippen molar-refractivity contribution in [1.29, 1.82) is 0 Å². The van der Waals surface area contributed by atoms with Gasteiger partial charge in [-0.1, -0.05) is 18.2 Å². The molecule has 4 atom stereocenters. The molecule has 118 valence electrons. The van der Waals surface area contributed by atoms with Crippen LogP contribution >= 0.6 is 0 Å². The highest BCUT2D eigenvalue weighted by Crippen LogP contribution is 2.52. The number of nitrogens with zero attached hydrogens (tertiary/aromatic N) is 1. The van der Waals surface area contributed by atoms with E-state index in [-0.39, 0.29) is 17.9 Å². The van der Waals surface area contributed by atoms with Crippen LogP contribution in [0.3, 0.4) is 0 Å². The van der Waals surface area contributed by atoms with E-state index >= 15 is 0 Å². The second-order valence-electron chi connectivity index (χ2n) is 5.93. The summed E-state index contributed by atoms with van der Waals surface area (Å²) in [4.78, 5) is 37.6. The third kappa shape index (κ3) is 1.68. The Bertz CT molecular complexity index is 772. The average molecular weight is 315 g/mol. The van der Waals surface area contributed by atoms with Crippen LogP contribution in [0.4, 0.5) is 5.69 Å². The number of ether oxygens (including phenoxy) is 1. The molecule has 23 heavy (non-hydrogen) atoms. The van der Waals surface area contributed by atoms with Gasteiger partial charge in [0.15, 0.2) is 0 Å². The minimum absolute atomic E-state index is 0.00521. The van der Waals surface area contributed by atoms with Crippen molar-refractivity contribution in [1.82, 2.24) is 0 Å². The number of carbonyl (C=O) groups excluding carboxylic acids is 2. The summed E-state index contributed by atoms with van der Waals surface area (Å²) >= 11 is 0. The number of aliphatic hydroxyl groups excluding tert-OH is 1. The van der Waals surface area contributed by atoms with Gasteiger partial charge >= 0.3 is 5.97 Å². The van der Waals surface area contributed by atoms with Gasteiger partial charge in [-0.25, -0.2) is 9.69 Å². The number of carboxylic acid groups (broad SMARTS) is 1. The lowest BCUT2D eigenvalue weighted by atomic mass is 9.77. The molecule has 2 saturated heterocycles. The largest absolute Gasteiger partial charge is 0.478 e. The summed E-state index contributed by atoms with van der Waals surface area (Å²) in [5.41, 5.74) is -0.933. The van der Waals surface area contributed by atoms with Crippen LogP contribution in [0.15, 0.2) is 36.4 Å². The number of benzene rings is 1. The molecule has 7 nitrogen and oxygen atoms in total. The number of amides is 2. The minimum Gasteiger partial charge on any atom is -0.478 e. The molecule has 7 heteroatoms. The van der Waals surface area contributed by atoms with E-state index in [2.05, 4.69) is 0 Å². The number of fused-ring (bicyclic) bond motifs is 5. The first-order chi connectivity index (χ1) is 11.0. The first-order valence-electron chi connectivity index (χ1n) is 7.18. The number of anilines is 1. The fourth-order valence-electron chi connectivity index (χ4n) is 3.72. The van der Waals surface area contributed by atoms with Crippen molar-refractivity contribution in [3.63, 3.8) is 0 Å². The van der Waals surface area contributed by atoms with Gasteiger partial charge in [-0.3, -0.25) is 9.59 Å². The van der Waals surface area contributed by atoms with Gasteiger partial charge in [0.1, 0.15) is 5.60 Å². The molecule has 0 saturated carbocycles. The normalized spacial score (nSPS) is 34.3. The van der Waals surface area contributed by atoms with E-state index in [1.165, 1.54) is 24.3 Å². The molecule has 2 bridgehead atoms. The van der Waals surface area contributed by atoms with Crippen molar-refractivity contribution in [2.24, 2.45) is 11.8 Å².